The predicted molar refractivity (Wildman–Crippen MR) is 58.6 cm³/mol. The molecule has 3 N–H and O–H groups in total. The molecule has 5 nitrogen and oxygen atoms in total. The summed E-state index contributed by atoms with van der Waals surface area (Å²) in [5.74, 6) is 1.13. The van der Waals surface area contributed by atoms with E-state index in [4.69, 9.17) is 10.8 Å². The van der Waals surface area contributed by atoms with Crippen LogP contribution in [0.2, 0.25) is 0 Å². The summed E-state index contributed by atoms with van der Waals surface area (Å²) >= 11 is 0. The highest BCUT2D eigenvalue weighted by atomic mass is 16.3. The molecule has 1 aliphatic rings. The smallest absolute Gasteiger partial charge is 0.222 e. The third-order valence-electron chi connectivity index (χ3n) is 2.48. The lowest BCUT2D eigenvalue weighted by Gasteiger charge is -2.22. The minimum atomic E-state index is 0.138. The van der Waals surface area contributed by atoms with E-state index in [1.54, 1.807) is 0 Å². The van der Waals surface area contributed by atoms with Gasteiger partial charge in [0.1, 0.15) is 5.82 Å². The number of rotatable bonds is 4. The second kappa shape index (κ2) is 4.02. The summed E-state index contributed by atoms with van der Waals surface area (Å²) in [7, 11) is 0. The van der Waals surface area contributed by atoms with Crippen molar-refractivity contribution in [3.05, 3.63) is 11.8 Å². The lowest BCUT2D eigenvalue weighted by Crippen LogP contribution is -2.30. The van der Waals surface area contributed by atoms with Crippen LogP contribution in [0.4, 0.5) is 11.8 Å². The number of nitrogens with zero attached hydrogens (tertiary/aromatic N) is 3. The van der Waals surface area contributed by atoms with Crippen LogP contribution in [-0.2, 0) is 0 Å². The van der Waals surface area contributed by atoms with Crippen LogP contribution < -0.4 is 10.6 Å². The summed E-state index contributed by atoms with van der Waals surface area (Å²) in [6, 6.07) is 2.43. The first-order chi connectivity index (χ1) is 7.20. The van der Waals surface area contributed by atoms with Crippen LogP contribution in [0.3, 0.4) is 0 Å². The molecule has 0 aliphatic heterocycles. The van der Waals surface area contributed by atoms with Gasteiger partial charge in [0, 0.05) is 24.3 Å². The molecule has 0 aromatic carbocycles. The van der Waals surface area contributed by atoms with Crippen molar-refractivity contribution in [2.45, 2.75) is 25.8 Å². The second-order valence-electron chi connectivity index (χ2n) is 3.87. The number of anilines is 2. The zero-order valence-corrected chi connectivity index (χ0v) is 8.85. The number of nitrogens with two attached hydrogens (primary N) is 1. The molecule has 0 bridgehead atoms. The van der Waals surface area contributed by atoms with Crippen molar-refractivity contribution >= 4 is 11.8 Å². The summed E-state index contributed by atoms with van der Waals surface area (Å²) in [5.41, 5.74) is 6.46. The van der Waals surface area contributed by atoms with Crippen molar-refractivity contribution < 1.29 is 5.11 Å². The van der Waals surface area contributed by atoms with Gasteiger partial charge in [0.25, 0.3) is 0 Å². The minimum absolute atomic E-state index is 0.138. The fraction of sp³-hybridized carbons (Fsp3) is 0.600. The number of aromatic nitrogens is 2. The predicted octanol–water partition coefficient (Wildman–Crippen LogP) is 0.328. The zero-order chi connectivity index (χ0) is 10.8. The summed E-state index contributed by atoms with van der Waals surface area (Å²) < 4.78 is 0. The number of aliphatic hydroxyl groups is 1. The van der Waals surface area contributed by atoms with Gasteiger partial charge in [-0.2, -0.15) is 4.98 Å². The lowest BCUT2D eigenvalue weighted by atomic mass is 10.3. The molecule has 0 saturated heterocycles. The van der Waals surface area contributed by atoms with Gasteiger partial charge in [-0.3, -0.25) is 0 Å². The van der Waals surface area contributed by atoms with Gasteiger partial charge in [0.2, 0.25) is 5.95 Å². The van der Waals surface area contributed by atoms with Crippen molar-refractivity contribution in [3.63, 3.8) is 0 Å². The average molecular weight is 208 g/mol. The van der Waals surface area contributed by atoms with Gasteiger partial charge in [0.15, 0.2) is 0 Å². The van der Waals surface area contributed by atoms with Crippen LogP contribution in [0.15, 0.2) is 6.07 Å². The molecule has 82 valence electrons. The van der Waals surface area contributed by atoms with Crippen molar-refractivity contribution in [2.24, 2.45) is 0 Å². The largest absolute Gasteiger partial charge is 0.395 e. The van der Waals surface area contributed by atoms with Crippen LogP contribution in [0.5, 0.6) is 0 Å². The SMILES string of the molecule is Cc1cc(N(CCO)C2CC2)nc(N)n1. The Labute approximate surface area is 88.9 Å². The number of hydrogen-bond donors (Lipinski definition) is 2. The van der Waals surface area contributed by atoms with E-state index in [0.717, 1.165) is 11.5 Å². The van der Waals surface area contributed by atoms with E-state index in [0.29, 0.717) is 18.5 Å². The summed E-state index contributed by atoms with van der Waals surface area (Å²) in [5, 5.41) is 9.00. The fourth-order valence-corrected chi connectivity index (χ4v) is 1.70. The van der Waals surface area contributed by atoms with Gasteiger partial charge in [-0.25, -0.2) is 4.98 Å². The van der Waals surface area contributed by atoms with Crippen LogP contribution in [0.1, 0.15) is 18.5 Å². The van der Waals surface area contributed by atoms with Gasteiger partial charge in [-0.05, 0) is 19.8 Å². The monoisotopic (exact) mass is 208 g/mol. The maximum atomic E-state index is 9.00. The first kappa shape index (κ1) is 10.2. The average Bonchev–Trinajstić information content (AvgIpc) is 2.95. The van der Waals surface area contributed by atoms with Gasteiger partial charge in [-0.1, -0.05) is 0 Å². The van der Waals surface area contributed by atoms with E-state index in [1.165, 1.54) is 12.8 Å². The molecule has 0 unspecified atom stereocenters. The quantitative estimate of drug-likeness (QED) is 0.745. The highest BCUT2D eigenvalue weighted by Crippen LogP contribution is 2.30. The molecule has 1 aromatic heterocycles. The molecule has 1 aliphatic carbocycles. The Balaban J connectivity index is 2.24. The van der Waals surface area contributed by atoms with E-state index in [-0.39, 0.29) is 6.61 Å². The van der Waals surface area contributed by atoms with Gasteiger partial charge in [-0.15, -0.1) is 0 Å². The van der Waals surface area contributed by atoms with Gasteiger partial charge in [0.05, 0.1) is 6.61 Å². The molecular formula is C10H16N4O. The highest BCUT2D eigenvalue weighted by Gasteiger charge is 2.29. The number of nitrogen functional groups attached to an aromatic ring is 1. The van der Waals surface area contributed by atoms with Crippen molar-refractivity contribution in [1.82, 2.24) is 9.97 Å². The number of aryl methyl sites for hydroxylation is 1. The van der Waals surface area contributed by atoms with Crippen LogP contribution in [0.25, 0.3) is 0 Å². The molecule has 5 heteroatoms. The Morgan fingerprint density at radius 3 is 2.80 bits per heavy atom. The lowest BCUT2D eigenvalue weighted by molar-refractivity contribution is 0.301. The minimum Gasteiger partial charge on any atom is -0.395 e. The molecule has 0 amide bonds. The maximum Gasteiger partial charge on any atom is 0.222 e. The molecule has 2 rings (SSSR count). The van der Waals surface area contributed by atoms with E-state index in [9.17, 15) is 0 Å². The van der Waals surface area contributed by atoms with Crippen molar-refractivity contribution in [1.29, 1.82) is 0 Å². The van der Waals surface area contributed by atoms with E-state index in [2.05, 4.69) is 14.9 Å². The molecule has 0 radical (unpaired) electrons. The summed E-state index contributed by atoms with van der Waals surface area (Å²) in [6.45, 7) is 2.64. The normalized spacial score (nSPS) is 15.3. The third-order valence-corrected chi connectivity index (χ3v) is 2.48. The Morgan fingerprint density at radius 2 is 2.27 bits per heavy atom. The maximum absolute atomic E-state index is 9.00. The number of hydrogen-bond acceptors (Lipinski definition) is 5. The first-order valence-corrected chi connectivity index (χ1v) is 5.19. The van der Waals surface area contributed by atoms with E-state index < -0.39 is 0 Å². The molecule has 15 heavy (non-hydrogen) atoms. The molecule has 0 atom stereocenters. The van der Waals surface area contributed by atoms with Crippen molar-refractivity contribution in [2.75, 3.05) is 23.8 Å². The van der Waals surface area contributed by atoms with E-state index in [1.807, 2.05) is 13.0 Å². The molecule has 0 spiro atoms. The molecular weight excluding hydrogens is 192 g/mol. The summed E-state index contributed by atoms with van der Waals surface area (Å²) in [6.07, 6.45) is 2.34. The van der Waals surface area contributed by atoms with Crippen LogP contribution in [0, 0.1) is 6.92 Å². The first-order valence-electron chi connectivity index (χ1n) is 5.19. The summed E-state index contributed by atoms with van der Waals surface area (Å²) in [4.78, 5) is 10.3. The van der Waals surface area contributed by atoms with Crippen molar-refractivity contribution in [3.8, 4) is 0 Å². The fourth-order valence-electron chi connectivity index (χ4n) is 1.70. The van der Waals surface area contributed by atoms with Crippen LogP contribution >= 0.6 is 0 Å². The highest BCUT2D eigenvalue weighted by molar-refractivity contribution is 5.45. The van der Waals surface area contributed by atoms with Crippen LogP contribution in [-0.4, -0.2) is 34.3 Å². The van der Waals surface area contributed by atoms with Gasteiger partial charge >= 0.3 is 0 Å². The molecule has 1 aromatic rings. The zero-order valence-electron chi connectivity index (χ0n) is 8.85. The second-order valence-corrected chi connectivity index (χ2v) is 3.87. The molecule has 1 fully saturated rings. The Bertz CT molecular complexity index is 331. The Kier molecular flexibility index (Phi) is 2.73. The third kappa shape index (κ3) is 2.36. The van der Waals surface area contributed by atoms with E-state index >= 15 is 0 Å². The molecule has 1 saturated carbocycles. The Hall–Kier alpha value is -1.36. The molecule has 1 heterocycles. The standard InChI is InChI=1S/C10H16N4O/c1-7-6-9(13-10(11)12-7)14(4-5-15)8-2-3-8/h6,8,15H,2-5H2,1H3,(H2,11,12,13). The Morgan fingerprint density at radius 1 is 1.53 bits per heavy atom. The topological polar surface area (TPSA) is 75.3 Å². The van der Waals surface area contributed by atoms with Gasteiger partial charge < -0.3 is 15.7 Å². The number of aliphatic hydroxyl groups excluding tert-OH is 1.